The number of aromatic nitrogens is 3. The Balaban J connectivity index is 1.60. The van der Waals surface area contributed by atoms with Crippen molar-refractivity contribution < 1.29 is 9.18 Å². The van der Waals surface area contributed by atoms with Crippen LogP contribution in [0.3, 0.4) is 0 Å². The first-order valence-corrected chi connectivity index (χ1v) is 11.5. The molecule has 2 aromatic carbocycles. The van der Waals surface area contributed by atoms with Crippen LogP contribution in [0.1, 0.15) is 18.3 Å². The van der Waals surface area contributed by atoms with Gasteiger partial charge in [-0.3, -0.25) is 4.79 Å². The van der Waals surface area contributed by atoms with E-state index in [2.05, 4.69) is 22.1 Å². The number of carbonyl (C=O) groups is 1. The van der Waals surface area contributed by atoms with Gasteiger partial charge in [-0.15, -0.1) is 28.5 Å². The average molecular weight is 443 g/mol. The van der Waals surface area contributed by atoms with E-state index in [1.165, 1.54) is 23.9 Å². The molecule has 30 heavy (non-hydrogen) atoms. The number of benzene rings is 2. The van der Waals surface area contributed by atoms with Crippen molar-refractivity contribution in [3.05, 3.63) is 78.4 Å². The highest BCUT2D eigenvalue weighted by molar-refractivity contribution is 7.99. The summed E-state index contributed by atoms with van der Waals surface area (Å²) in [4.78, 5) is 13.5. The van der Waals surface area contributed by atoms with E-state index in [0.29, 0.717) is 17.5 Å². The number of para-hydroxylation sites is 1. The van der Waals surface area contributed by atoms with Crippen LogP contribution < -0.4 is 5.32 Å². The van der Waals surface area contributed by atoms with E-state index in [9.17, 15) is 9.18 Å². The van der Waals surface area contributed by atoms with Gasteiger partial charge >= 0.3 is 0 Å². The minimum absolute atomic E-state index is 0.110. The molecule has 5 nitrogen and oxygen atoms in total. The summed E-state index contributed by atoms with van der Waals surface area (Å²) in [6.45, 7) is 6.40. The van der Waals surface area contributed by atoms with Gasteiger partial charge in [0, 0.05) is 23.6 Å². The second-order valence-corrected chi connectivity index (χ2v) is 8.36. The second-order valence-electron chi connectivity index (χ2n) is 6.40. The van der Waals surface area contributed by atoms with Crippen molar-refractivity contribution in [3.8, 4) is 0 Å². The highest BCUT2D eigenvalue weighted by Crippen LogP contribution is 2.30. The van der Waals surface area contributed by atoms with Gasteiger partial charge in [-0.1, -0.05) is 49.0 Å². The van der Waals surface area contributed by atoms with E-state index < -0.39 is 0 Å². The Morgan fingerprint density at radius 1 is 1.17 bits per heavy atom. The molecular formula is C22H23FN4OS2. The normalized spacial score (nSPS) is 10.7. The molecule has 0 fully saturated rings. The molecule has 3 aromatic rings. The Labute approximate surface area is 184 Å². The molecule has 8 heteroatoms. The molecule has 0 saturated heterocycles. The number of hydrogen-bond donors (Lipinski definition) is 1. The van der Waals surface area contributed by atoms with Crippen molar-refractivity contribution in [2.75, 3.05) is 11.1 Å². The molecule has 0 saturated carbocycles. The first kappa shape index (κ1) is 22.1. The van der Waals surface area contributed by atoms with Gasteiger partial charge in [0.2, 0.25) is 5.91 Å². The molecule has 0 spiro atoms. The van der Waals surface area contributed by atoms with Crippen LogP contribution in [0.25, 0.3) is 0 Å². The van der Waals surface area contributed by atoms with Crippen LogP contribution in [0, 0.1) is 5.82 Å². The van der Waals surface area contributed by atoms with Crippen molar-refractivity contribution in [1.29, 1.82) is 0 Å². The van der Waals surface area contributed by atoms with Gasteiger partial charge in [-0.25, -0.2) is 4.39 Å². The molecule has 0 aliphatic rings. The smallest absolute Gasteiger partial charge is 0.234 e. The zero-order valence-corrected chi connectivity index (χ0v) is 18.3. The lowest BCUT2D eigenvalue weighted by atomic mass is 10.2. The predicted octanol–water partition coefficient (Wildman–Crippen LogP) is 5.19. The minimum Gasteiger partial charge on any atom is -0.324 e. The third-order valence-electron chi connectivity index (χ3n) is 4.22. The van der Waals surface area contributed by atoms with Gasteiger partial charge in [0.25, 0.3) is 0 Å². The summed E-state index contributed by atoms with van der Waals surface area (Å²) in [5.41, 5.74) is 1.78. The first-order chi connectivity index (χ1) is 14.6. The number of halogens is 1. The number of rotatable bonds is 10. The number of carbonyl (C=O) groups excluding carboxylic acids is 1. The number of hydrogen-bond acceptors (Lipinski definition) is 5. The molecule has 1 N–H and O–H groups in total. The Morgan fingerprint density at radius 2 is 1.93 bits per heavy atom. The van der Waals surface area contributed by atoms with E-state index in [1.54, 1.807) is 30.0 Å². The van der Waals surface area contributed by atoms with Crippen LogP contribution >= 0.6 is 23.5 Å². The fourth-order valence-electron chi connectivity index (χ4n) is 2.75. The van der Waals surface area contributed by atoms with E-state index in [4.69, 9.17) is 0 Å². The Morgan fingerprint density at radius 3 is 2.67 bits per heavy atom. The number of nitrogens with one attached hydrogen (secondary N) is 1. The quantitative estimate of drug-likeness (QED) is 0.346. The molecule has 3 rings (SSSR count). The van der Waals surface area contributed by atoms with E-state index in [0.717, 1.165) is 28.4 Å². The predicted molar refractivity (Wildman–Crippen MR) is 121 cm³/mol. The number of nitrogens with zero attached hydrogens (tertiary/aromatic N) is 3. The maximum Gasteiger partial charge on any atom is 0.234 e. The Bertz CT molecular complexity index is 1000. The van der Waals surface area contributed by atoms with Gasteiger partial charge in [0.05, 0.1) is 11.4 Å². The summed E-state index contributed by atoms with van der Waals surface area (Å²) < 4.78 is 15.0. The van der Waals surface area contributed by atoms with Crippen LogP contribution in [0.5, 0.6) is 0 Å². The van der Waals surface area contributed by atoms with Crippen LogP contribution in [0.15, 0.2) is 71.2 Å². The van der Waals surface area contributed by atoms with E-state index in [1.807, 2.05) is 35.8 Å². The monoisotopic (exact) mass is 442 g/mol. The average Bonchev–Trinajstić information content (AvgIpc) is 3.15. The molecule has 0 aliphatic carbocycles. The molecule has 0 unspecified atom stereocenters. The fraction of sp³-hybridized carbons (Fsp3) is 0.227. The molecular weight excluding hydrogens is 419 g/mol. The molecule has 156 valence electrons. The highest BCUT2D eigenvalue weighted by atomic mass is 32.2. The summed E-state index contributed by atoms with van der Waals surface area (Å²) in [5, 5.41) is 12.1. The maximum atomic E-state index is 13.1. The third-order valence-corrected chi connectivity index (χ3v) is 6.33. The van der Waals surface area contributed by atoms with Gasteiger partial charge in [-0.05, 0) is 29.8 Å². The largest absolute Gasteiger partial charge is 0.324 e. The van der Waals surface area contributed by atoms with E-state index in [-0.39, 0.29) is 17.5 Å². The van der Waals surface area contributed by atoms with Crippen molar-refractivity contribution in [1.82, 2.24) is 14.8 Å². The minimum atomic E-state index is -0.246. The fourth-order valence-corrected chi connectivity index (χ4v) is 4.48. The van der Waals surface area contributed by atoms with Crippen molar-refractivity contribution in [2.45, 2.75) is 35.7 Å². The lowest BCUT2D eigenvalue weighted by Gasteiger charge is -2.11. The topological polar surface area (TPSA) is 59.8 Å². The van der Waals surface area contributed by atoms with Gasteiger partial charge in [0.1, 0.15) is 11.6 Å². The van der Waals surface area contributed by atoms with E-state index >= 15 is 0 Å². The first-order valence-electron chi connectivity index (χ1n) is 9.52. The number of allylic oxidation sites excluding steroid dienone is 1. The summed E-state index contributed by atoms with van der Waals surface area (Å²) in [7, 11) is 0. The zero-order chi connectivity index (χ0) is 21.3. The van der Waals surface area contributed by atoms with Gasteiger partial charge in [0.15, 0.2) is 5.16 Å². The molecule has 0 radical (unpaired) electrons. The summed E-state index contributed by atoms with van der Waals surface area (Å²) in [5.74, 6) is 1.44. The number of anilines is 1. The molecule has 1 aromatic heterocycles. The lowest BCUT2D eigenvalue weighted by Crippen LogP contribution is -2.15. The molecule has 0 atom stereocenters. The summed E-state index contributed by atoms with van der Waals surface area (Å²) >= 11 is 2.95. The third kappa shape index (κ3) is 5.96. The van der Waals surface area contributed by atoms with Crippen LogP contribution in [-0.2, 0) is 23.5 Å². The zero-order valence-electron chi connectivity index (χ0n) is 16.7. The molecule has 0 aliphatic heterocycles. The summed E-state index contributed by atoms with van der Waals surface area (Å²) in [6.07, 6.45) is 2.56. The molecule has 1 amide bonds. The lowest BCUT2D eigenvalue weighted by molar-refractivity contribution is -0.113. The van der Waals surface area contributed by atoms with Gasteiger partial charge in [-0.2, -0.15) is 0 Å². The Kier molecular flexibility index (Phi) is 8.10. The highest BCUT2D eigenvalue weighted by Gasteiger charge is 2.13. The van der Waals surface area contributed by atoms with Crippen molar-refractivity contribution in [3.63, 3.8) is 0 Å². The van der Waals surface area contributed by atoms with Crippen LogP contribution in [0.4, 0.5) is 10.1 Å². The molecule has 0 bridgehead atoms. The van der Waals surface area contributed by atoms with Crippen molar-refractivity contribution in [2.24, 2.45) is 0 Å². The maximum absolute atomic E-state index is 13.1. The van der Waals surface area contributed by atoms with Gasteiger partial charge < -0.3 is 9.88 Å². The second kappa shape index (κ2) is 11.0. The van der Waals surface area contributed by atoms with Crippen molar-refractivity contribution >= 4 is 35.1 Å². The molecule has 1 heterocycles. The summed E-state index contributed by atoms with van der Waals surface area (Å²) in [6, 6.07) is 14.1. The standard InChI is InChI=1S/C22H23FN4OS2/c1-3-13-27-20(4-2)25-26-22(27)30-15-21(28)24-18-7-5-6-8-19(18)29-14-16-9-11-17(23)12-10-16/h3,5-12H,1,4,13-15H2,2H3,(H,24,28). The number of amides is 1. The Hall–Kier alpha value is -2.58. The SMILES string of the molecule is C=CCn1c(CC)nnc1SCC(=O)Nc1ccccc1SCc1ccc(F)cc1. The number of thioether (sulfide) groups is 2. The number of aryl methyl sites for hydroxylation is 1. The van der Waals surface area contributed by atoms with Crippen LogP contribution in [0.2, 0.25) is 0 Å². The van der Waals surface area contributed by atoms with Crippen LogP contribution in [-0.4, -0.2) is 26.4 Å².